The van der Waals surface area contributed by atoms with Crippen LogP contribution >= 0.6 is 0 Å². The topological polar surface area (TPSA) is 79.0 Å². The van der Waals surface area contributed by atoms with Crippen molar-refractivity contribution in [1.29, 1.82) is 0 Å². The Morgan fingerprint density at radius 2 is 1.86 bits per heavy atom. The van der Waals surface area contributed by atoms with Gasteiger partial charge in [0.15, 0.2) is 0 Å². The lowest BCUT2D eigenvalue weighted by atomic mass is 10.0. The van der Waals surface area contributed by atoms with Crippen molar-refractivity contribution in [2.45, 2.75) is 38.1 Å². The molecule has 0 aliphatic carbocycles. The minimum atomic E-state index is -3.77. The number of nitrogens with zero attached hydrogens (tertiary/aromatic N) is 2. The Bertz CT molecular complexity index is 788. The first-order valence-electron chi connectivity index (χ1n) is 9.54. The standard InChI is InChI=1S/C19H30FN3O4S/c1-5-23(6-2)28(25,26)15-7-8-17(20)16(13-15)18(24)21-14-19(3,4)22-9-11-27-12-10-22/h7-8,13H,5-6,9-12,14H2,1-4H3,(H,21,24). The fourth-order valence-electron chi connectivity index (χ4n) is 3.22. The van der Waals surface area contributed by atoms with Crippen LogP contribution in [-0.2, 0) is 14.8 Å². The molecule has 0 spiro atoms. The van der Waals surface area contributed by atoms with Crippen molar-refractivity contribution in [3.63, 3.8) is 0 Å². The molecule has 2 rings (SSSR count). The maximum Gasteiger partial charge on any atom is 0.254 e. The highest BCUT2D eigenvalue weighted by molar-refractivity contribution is 7.89. The number of hydrogen-bond donors (Lipinski definition) is 1. The van der Waals surface area contributed by atoms with Crippen molar-refractivity contribution in [2.75, 3.05) is 45.9 Å². The largest absolute Gasteiger partial charge is 0.379 e. The molecule has 1 aliphatic rings. The van der Waals surface area contributed by atoms with Gasteiger partial charge in [0, 0.05) is 38.3 Å². The van der Waals surface area contributed by atoms with E-state index in [1.165, 1.54) is 10.4 Å². The Kier molecular flexibility index (Phi) is 7.55. The van der Waals surface area contributed by atoms with Gasteiger partial charge in [-0.25, -0.2) is 12.8 Å². The fraction of sp³-hybridized carbons (Fsp3) is 0.632. The molecule has 1 N–H and O–H groups in total. The van der Waals surface area contributed by atoms with Gasteiger partial charge in [0.25, 0.3) is 5.91 Å². The van der Waals surface area contributed by atoms with Crippen LogP contribution in [0.4, 0.5) is 4.39 Å². The van der Waals surface area contributed by atoms with E-state index in [9.17, 15) is 17.6 Å². The number of hydrogen-bond acceptors (Lipinski definition) is 5. The van der Waals surface area contributed by atoms with Gasteiger partial charge < -0.3 is 10.1 Å². The van der Waals surface area contributed by atoms with Crippen molar-refractivity contribution in [3.05, 3.63) is 29.6 Å². The Morgan fingerprint density at radius 3 is 2.43 bits per heavy atom. The number of halogens is 1. The quantitative estimate of drug-likeness (QED) is 0.699. The van der Waals surface area contributed by atoms with Crippen molar-refractivity contribution < 1.29 is 22.3 Å². The Morgan fingerprint density at radius 1 is 1.25 bits per heavy atom. The molecule has 0 bridgehead atoms. The summed E-state index contributed by atoms with van der Waals surface area (Å²) in [5.74, 6) is -1.38. The summed E-state index contributed by atoms with van der Waals surface area (Å²) in [5, 5.41) is 2.74. The molecule has 9 heteroatoms. The normalized spacial score (nSPS) is 16.4. The van der Waals surface area contributed by atoms with Crippen LogP contribution in [0.3, 0.4) is 0 Å². The molecule has 0 atom stereocenters. The molecule has 0 unspecified atom stereocenters. The predicted molar refractivity (Wildman–Crippen MR) is 105 cm³/mol. The number of carbonyl (C=O) groups excluding carboxylic acids is 1. The van der Waals surface area contributed by atoms with Gasteiger partial charge in [-0.05, 0) is 32.0 Å². The van der Waals surface area contributed by atoms with Crippen LogP contribution in [0.1, 0.15) is 38.1 Å². The van der Waals surface area contributed by atoms with E-state index in [1.807, 2.05) is 13.8 Å². The third kappa shape index (κ3) is 5.08. The molecule has 158 valence electrons. The molecule has 0 aromatic heterocycles. The van der Waals surface area contributed by atoms with E-state index in [2.05, 4.69) is 10.2 Å². The highest BCUT2D eigenvalue weighted by Gasteiger charge is 2.29. The van der Waals surface area contributed by atoms with Gasteiger partial charge >= 0.3 is 0 Å². The van der Waals surface area contributed by atoms with Gasteiger partial charge in [-0.3, -0.25) is 9.69 Å². The lowest BCUT2D eigenvalue weighted by Crippen LogP contribution is -2.55. The molecular formula is C19H30FN3O4S. The van der Waals surface area contributed by atoms with E-state index in [1.54, 1.807) is 13.8 Å². The summed E-state index contributed by atoms with van der Waals surface area (Å²) in [6, 6.07) is 3.33. The zero-order valence-corrected chi connectivity index (χ0v) is 17.8. The van der Waals surface area contributed by atoms with Crippen LogP contribution < -0.4 is 5.32 Å². The van der Waals surface area contributed by atoms with Crippen molar-refractivity contribution >= 4 is 15.9 Å². The first kappa shape index (κ1) is 22.7. The highest BCUT2D eigenvalue weighted by atomic mass is 32.2. The van der Waals surface area contributed by atoms with E-state index in [-0.39, 0.29) is 16.0 Å². The summed E-state index contributed by atoms with van der Waals surface area (Å²) >= 11 is 0. The molecule has 1 aromatic carbocycles. The van der Waals surface area contributed by atoms with E-state index in [4.69, 9.17) is 4.74 Å². The lowest BCUT2D eigenvalue weighted by molar-refractivity contribution is -0.00924. The van der Waals surface area contributed by atoms with Gasteiger partial charge in [-0.1, -0.05) is 13.8 Å². The molecule has 1 fully saturated rings. The Labute approximate surface area is 166 Å². The van der Waals surface area contributed by atoms with Crippen molar-refractivity contribution in [2.24, 2.45) is 0 Å². The number of ether oxygens (including phenoxy) is 1. The molecule has 7 nitrogen and oxygen atoms in total. The van der Waals surface area contributed by atoms with E-state index < -0.39 is 21.7 Å². The maximum absolute atomic E-state index is 14.3. The summed E-state index contributed by atoms with van der Waals surface area (Å²) < 4.78 is 46.2. The van der Waals surface area contributed by atoms with Crippen LogP contribution in [0.2, 0.25) is 0 Å². The minimum Gasteiger partial charge on any atom is -0.379 e. The van der Waals surface area contributed by atoms with E-state index >= 15 is 0 Å². The van der Waals surface area contributed by atoms with Gasteiger partial charge in [-0.15, -0.1) is 0 Å². The number of morpholine rings is 1. The number of sulfonamides is 1. The zero-order chi connectivity index (χ0) is 20.9. The van der Waals surface area contributed by atoms with Gasteiger partial charge in [0.2, 0.25) is 10.0 Å². The number of nitrogens with one attached hydrogen (secondary N) is 1. The highest BCUT2D eigenvalue weighted by Crippen LogP contribution is 2.20. The molecular weight excluding hydrogens is 385 g/mol. The minimum absolute atomic E-state index is 0.0878. The summed E-state index contributed by atoms with van der Waals surface area (Å²) in [5.41, 5.74) is -0.605. The summed E-state index contributed by atoms with van der Waals surface area (Å²) in [4.78, 5) is 14.7. The van der Waals surface area contributed by atoms with E-state index in [0.29, 0.717) is 32.8 Å². The second-order valence-corrected chi connectivity index (χ2v) is 9.26. The Hall–Kier alpha value is -1.55. The van der Waals surface area contributed by atoms with Crippen molar-refractivity contribution in [3.8, 4) is 0 Å². The van der Waals surface area contributed by atoms with Crippen LogP contribution in [0, 0.1) is 5.82 Å². The second kappa shape index (κ2) is 9.30. The molecule has 1 amide bonds. The smallest absolute Gasteiger partial charge is 0.254 e. The lowest BCUT2D eigenvalue weighted by Gasteiger charge is -2.40. The first-order valence-corrected chi connectivity index (χ1v) is 11.0. The first-order chi connectivity index (χ1) is 13.1. The average Bonchev–Trinajstić information content (AvgIpc) is 2.68. The molecule has 0 saturated carbocycles. The molecule has 1 saturated heterocycles. The van der Waals surface area contributed by atoms with Crippen LogP contribution in [-0.4, -0.2) is 75.0 Å². The van der Waals surface area contributed by atoms with Gasteiger partial charge in [-0.2, -0.15) is 4.31 Å². The summed E-state index contributed by atoms with van der Waals surface area (Å²) in [6.45, 7) is 11.1. The number of benzene rings is 1. The Balaban J connectivity index is 2.17. The van der Waals surface area contributed by atoms with Crippen LogP contribution in [0.25, 0.3) is 0 Å². The third-order valence-electron chi connectivity index (χ3n) is 5.07. The molecule has 1 heterocycles. The molecule has 1 aromatic rings. The molecule has 1 aliphatic heterocycles. The summed E-state index contributed by atoms with van der Waals surface area (Å²) in [7, 11) is -3.77. The van der Waals surface area contributed by atoms with E-state index in [0.717, 1.165) is 25.2 Å². The maximum atomic E-state index is 14.3. The second-order valence-electron chi connectivity index (χ2n) is 7.33. The zero-order valence-electron chi connectivity index (χ0n) is 17.0. The number of carbonyl (C=O) groups is 1. The van der Waals surface area contributed by atoms with Crippen LogP contribution in [0.15, 0.2) is 23.1 Å². The predicted octanol–water partition coefficient (Wildman–Crippen LogP) is 1.70. The fourth-order valence-corrected chi connectivity index (χ4v) is 4.71. The monoisotopic (exact) mass is 415 g/mol. The van der Waals surface area contributed by atoms with Crippen molar-refractivity contribution in [1.82, 2.24) is 14.5 Å². The summed E-state index contributed by atoms with van der Waals surface area (Å²) in [6.07, 6.45) is 0. The SMILES string of the molecule is CCN(CC)S(=O)(=O)c1ccc(F)c(C(=O)NCC(C)(C)N2CCOCC2)c1. The molecule has 28 heavy (non-hydrogen) atoms. The number of rotatable bonds is 8. The number of amides is 1. The molecule has 0 radical (unpaired) electrons. The van der Waals surface area contributed by atoms with Gasteiger partial charge in [0.05, 0.1) is 23.7 Å². The third-order valence-corrected chi connectivity index (χ3v) is 7.12. The van der Waals surface area contributed by atoms with Gasteiger partial charge in [0.1, 0.15) is 5.82 Å². The van der Waals surface area contributed by atoms with Crippen LogP contribution in [0.5, 0.6) is 0 Å². The average molecular weight is 416 g/mol.